The maximum absolute atomic E-state index is 15.3. The smallest absolute Gasteiger partial charge is 0.423 e. The maximum Gasteiger partial charge on any atom is 0.423 e. The monoisotopic (exact) mass is 614 g/mol. The lowest BCUT2D eigenvalue weighted by molar-refractivity contribution is -0.140. The number of rotatable bonds is 7. The van der Waals surface area contributed by atoms with Crippen molar-refractivity contribution in [2.45, 2.75) is 77.1 Å². The molecule has 2 aromatic rings. The lowest BCUT2D eigenvalue weighted by atomic mass is 9.74. The summed E-state index contributed by atoms with van der Waals surface area (Å²) in [5.74, 6) is 0.533. The summed E-state index contributed by atoms with van der Waals surface area (Å²) >= 11 is 0. The number of halogens is 4. The van der Waals surface area contributed by atoms with Crippen LogP contribution in [0.5, 0.6) is 11.6 Å². The van der Waals surface area contributed by atoms with Crippen LogP contribution in [-0.2, 0) is 6.18 Å². The molecular weight excluding hydrogens is 576 g/mol. The summed E-state index contributed by atoms with van der Waals surface area (Å²) < 4.78 is 68.5. The predicted octanol–water partition coefficient (Wildman–Crippen LogP) is 7.62. The Kier molecular flexibility index (Phi) is 8.32. The van der Waals surface area contributed by atoms with E-state index in [0.29, 0.717) is 18.5 Å². The van der Waals surface area contributed by atoms with Crippen molar-refractivity contribution in [3.8, 4) is 11.6 Å². The Labute approximate surface area is 254 Å². The highest BCUT2D eigenvalue weighted by atomic mass is 19.4. The quantitative estimate of drug-likeness (QED) is 0.312. The van der Waals surface area contributed by atoms with E-state index in [1.165, 1.54) is 13.2 Å². The van der Waals surface area contributed by atoms with Gasteiger partial charge in [0.2, 0.25) is 11.8 Å². The van der Waals surface area contributed by atoms with Gasteiger partial charge in [0.25, 0.3) is 5.91 Å². The molecule has 3 saturated carbocycles. The first kappa shape index (κ1) is 30.4. The van der Waals surface area contributed by atoms with Crippen LogP contribution in [0, 0.1) is 35.4 Å². The molecule has 7 nitrogen and oxygen atoms in total. The Hall–Kier alpha value is -3.63. The maximum atomic E-state index is 15.3. The summed E-state index contributed by atoms with van der Waals surface area (Å²) in [6.07, 6.45) is 7.55. The second-order valence-electron chi connectivity index (χ2n) is 12.8. The first-order valence-electron chi connectivity index (χ1n) is 15.4. The van der Waals surface area contributed by atoms with Gasteiger partial charge in [-0.3, -0.25) is 4.79 Å². The number of benzene rings is 1. The molecule has 1 amide bonds. The molecule has 4 aliphatic carbocycles. The van der Waals surface area contributed by atoms with Gasteiger partial charge in [-0.1, -0.05) is 37.6 Å². The second-order valence-corrected chi connectivity index (χ2v) is 12.8. The van der Waals surface area contributed by atoms with Gasteiger partial charge in [0, 0.05) is 24.7 Å². The molecule has 0 bridgehead atoms. The van der Waals surface area contributed by atoms with E-state index in [-0.39, 0.29) is 34.9 Å². The number of methoxy groups -OCH3 is 1. The van der Waals surface area contributed by atoms with Crippen LogP contribution in [0.25, 0.3) is 0 Å². The first-order valence-corrected chi connectivity index (χ1v) is 15.4. The molecule has 0 saturated heterocycles. The molecule has 2 N–H and O–H groups in total. The van der Waals surface area contributed by atoms with Crippen LogP contribution in [0.4, 0.5) is 29.2 Å². The molecule has 4 aliphatic rings. The molecule has 6 rings (SSSR count). The van der Waals surface area contributed by atoms with E-state index in [4.69, 9.17) is 9.47 Å². The SMILES string of the molecule is COc1cc(C(=O)NC2CCC3C(C)C3CC2)c(F)cc1Nc1ncc(C(F)(F)F)c(OC2CC3=CC=CCC3CC2C)n1. The van der Waals surface area contributed by atoms with Gasteiger partial charge in [-0.2, -0.15) is 18.2 Å². The summed E-state index contributed by atoms with van der Waals surface area (Å²) in [6, 6.07) is 2.32. The van der Waals surface area contributed by atoms with Gasteiger partial charge in [-0.25, -0.2) is 9.37 Å². The van der Waals surface area contributed by atoms with Crippen molar-refractivity contribution < 1.29 is 31.8 Å². The average Bonchev–Trinajstić information content (AvgIpc) is 3.66. The van der Waals surface area contributed by atoms with Gasteiger partial charge in [-0.15, -0.1) is 0 Å². The standard InChI is InChI=1S/C33H38F4N4O3/c1-17-12-19-6-4-5-7-20(19)13-28(17)44-31-25(33(35,36)37)16-38-32(41-31)40-27-15-26(34)24(14-29(27)43-3)30(42)39-21-8-10-22-18(2)23(22)11-9-21/h4-5,7,14-19,21-23,28H,6,8-13H2,1-3H3,(H,39,42)(H,38,40,41). The zero-order valence-corrected chi connectivity index (χ0v) is 25.1. The van der Waals surface area contributed by atoms with Crippen LogP contribution in [0.3, 0.4) is 0 Å². The Morgan fingerprint density at radius 2 is 1.84 bits per heavy atom. The third kappa shape index (κ3) is 6.28. The van der Waals surface area contributed by atoms with E-state index in [2.05, 4.69) is 33.6 Å². The molecule has 44 heavy (non-hydrogen) atoms. The third-order valence-corrected chi connectivity index (χ3v) is 10.0. The highest BCUT2D eigenvalue weighted by Gasteiger charge is 2.47. The zero-order chi connectivity index (χ0) is 31.2. The van der Waals surface area contributed by atoms with Gasteiger partial charge in [0.05, 0.1) is 18.4 Å². The summed E-state index contributed by atoms with van der Waals surface area (Å²) in [4.78, 5) is 21.0. The molecular formula is C33H38F4N4O3. The predicted molar refractivity (Wildman–Crippen MR) is 157 cm³/mol. The first-order chi connectivity index (χ1) is 21.0. The number of carbonyl (C=O) groups excluding carboxylic acids is 1. The minimum absolute atomic E-state index is 0.0104. The van der Waals surface area contributed by atoms with Crippen molar-refractivity contribution in [2.24, 2.45) is 29.6 Å². The summed E-state index contributed by atoms with van der Waals surface area (Å²) in [5, 5.41) is 5.73. The van der Waals surface area contributed by atoms with Crippen molar-refractivity contribution in [3.05, 3.63) is 59.1 Å². The molecule has 236 valence electrons. The van der Waals surface area contributed by atoms with Gasteiger partial charge < -0.3 is 20.1 Å². The molecule has 1 aromatic heterocycles. The number of ether oxygens (including phenoxy) is 2. The Bertz CT molecular complexity index is 1460. The van der Waals surface area contributed by atoms with Crippen molar-refractivity contribution >= 4 is 17.5 Å². The number of carbonyl (C=O) groups is 1. The van der Waals surface area contributed by atoms with Crippen LogP contribution in [0.1, 0.15) is 74.7 Å². The van der Waals surface area contributed by atoms with E-state index in [0.717, 1.165) is 67.9 Å². The molecule has 0 aliphatic heterocycles. The lowest BCUT2D eigenvalue weighted by Gasteiger charge is -2.37. The normalized spacial score (nSPS) is 29.4. The Morgan fingerprint density at radius 1 is 1.09 bits per heavy atom. The number of hydrogen-bond donors (Lipinski definition) is 2. The van der Waals surface area contributed by atoms with Crippen LogP contribution in [0.15, 0.2) is 42.1 Å². The molecule has 3 fully saturated rings. The number of fused-ring (bicyclic) bond motifs is 2. The fraction of sp³-hybridized carbons (Fsp3) is 0.545. The molecule has 1 aromatic carbocycles. The fourth-order valence-electron chi connectivity index (χ4n) is 7.29. The topological polar surface area (TPSA) is 85.4 Å². The van der Waals surface area contributed by atoms with Crippen LogP contribution < -0.4 is 20.1 Å². The van der Waals surface area contributed by atoms with Gasteiger partial charge in [0.15, 0.2) is 0 Å². The van der Waals surface area contributed by atoms with Gasteiger partial charge >= 0.3 is 6.18 Å². The molecule has 0 spiro atoms. The Balaban J connectivity index is 1.20. The molecule has 5 atom stereocenters. The fourth-order valence-corrected chi connectivity index (χ4v) is 7.29. The van der Waals surface area contributed by atoms with Crippen LogP contribution in [0.2, 0.25) is 0 Å². The number of nitrogens with one attached hydrogen (secondary N) is 2. The molecule has 1 heterocycles. The summed E-state index contributed by atoms with van der Waals surface area (Å²) in [7, 11) is 1.36. The van der Waals surface area contributed by atoms with Crippen molar-refractivity contribution in [1.82, 2.24) is 15.3 Å². The van der Waals surface area contributed by atoms with E-state index in [1.54, 1.807) is 0 Å². The average molecular weight is 615 g/mol. The van der Waals surface area contributed by atoms with Gasteiger partial charge in [-0.05, 0) is 74.2 Å². The minimum atomic E-state index is -4.74. The molecule has 11 heteroatoms. The van der Waals surface area contributed by atoms with Gasteiger partial charge in [0.1, 0.15) is 23.2 Å². The minimum Gasteiger partial charge on any atom is -0.495 e. The number of aromatic nitrogens is 2. The summed E-state index contributed by atoms with van der Waals surface area (Å²) in [5.41, 5.74) is -0.0516. The molecule has 5 unspecified atom stereocenters. The van der Waals surface area contributed by atoms with Crippen molar-refractivity contribution in [3.63, 3.8) is 0 Å². The number of allylic oxidation sites excluding steroid dienone is 3. The van der Waals surface area contributed by atoms with E-state index in [9.17, 15) is 18.0 Å². The Morgan fingerprint density at radius 3 is 2.55 bits per heavy atom. The third-order valence-electron chi connectivity index (χ3n) is 10.0. The highest BCUT2D eigenvalue weighted by molar-refractivity contribution is 5.96. The number of anilines is 2. The number of alkyl halides is 3. The second kappa shape index (κ2) is 12.0. The van der Waals surface area contributed by atoms with E-state index in [1.807, 2.05) is 19.1 Å². The highest BCUT2D eigenvalue weighted by Crippen LogP contribution is 2.53. The summed E-state index contributed by atoms with van der Waals surface area (Å²) in [6.45, 7) is 4.24. The van der Waals surface area contributed by atoms with Crippen molar-refractivity contribution in [2.75, 3.05) is 12.4 Å². The molecule has 0 radical (unpaired) electrons. The van der Waals surface area contributed by atoms with E-state index < -0.39 is 35.4 Å². The zero-order valence-electron chi connectivity index (χ0n) is 25.1. The van der Waals surface area contributed by atoms with E-state index >= 15 is 4.39 Å². The number of hydrogen-bond acceptors (Lipinski definition) is 6. The number of amides is 1. The van der Waals surface area contributed by atoms with Crippen LogP contribution in [-0.4, -0.2) is 35.1 Å². The van der Waals surface area contributed by atoms with Crippen LogP contribution >= 0.6 is 0 Å². The van der Waals surface area contributed by atoms with Crippen molar-refractivity contribution in [1.29, 1.82) is 0 Å². The lowest BCUT2D eigenvalue weighted by Crippen LogP contribution is -2.35. The largest absolute Gasteiger partial charge is 0.495 e. The number of nitrogens with zero attached hydrogens (tertiary/aromatic N) is 2.